The van der Waals surface area contributed by atoms with Crippen LogP contribution in [-0.4, -0.2) is 29.7 Å². The number of benzene rings is 1. The average Bonchev–Trinajstić information content (AvgIpc) is 2.34. The van der Waals surface area contributed by atoms with Gasteiger partial charge in [0.05, 0.1) is 17.2 Å². The van der Waals surface area contributed by atoms with E-state index in [-0.39, 0.29) is 11.0 Å². The van der Waals surface area contributed by atoms with Crippen molar-refractivity contribution in [2.24, 2.45) is 5.73 Å². The number of aliphatic hydroxyl groups excluding tert-OH is 1. The van der Waals surface area contributed by atoms with Gasteiger partial charge in [-0.2, -0.15) is 13.2 Å². The lowest BCUT2D eigenvalue weighted by Gasteiger charge is -2.17. The van der Waals surface area contributed by atoms with Crippen molar-refractivity contribution in [3.63, 3.8) is 0 Å². The Kier molecular flexibility index (Phi) is 5.55. The van der Waals surface area contributed by atoms with Gasteiger partial charge in [-0.25, -0.2) is 0 Å². The first-order valence-corrected chi connectivity index (χ1v) is 6.51. The Morgan fingerprint density at radius 2 is 2.10 bits per heavy atom. The molecule has 20 heavy (non-hydrogen) atoms. The van der Waals surface area contributed by atoms with Crippen LogP contribution in [0.3, 0.4) is 0 Å². The van der Waals surface area contributed by atoms with E-state index in [9.17, 15) is 18.0 Å². The Bertz CT molecular complexity index is 492. The number of alkyl halides is 3. The Labute approximate surface area is 122 Å². The van der Waals surface area contributed by atoms with Crippen molar-refractivity contribution in [3.05, 3.63) is 33.8 Å². The third kappa shape index (κ3) is 4.46. The van der Waals surface area contributed by atoms with Gasteiger partial charge in [-0.1, -0.05) is 15.9 Å². The maximum Gasteiger partial charge on any atom is 0.417 e. The average molecular weight is 355 g/mol. The molecule has 0 saturated carbocycles. The fraction of sp³-hybridized carbons (Fsp3) is 0.417. The van der Waals surface area contributed by atoms with E-state index in [1.165, 1.54) is 13.0 Å². The van der Waals surface area contributed by atoms with Crippen molar-refractivity contribution in [3.8, 4) is 0 Å². The van der Waals surface area contributed by atoms with E-state index in [1.54, 1.807) is 0 Å². The molecule has 0 spiro atoms. The van der Waals surface area contributed by atoms with E-state index in [1.807, 2.05) is 0 Å². The van der Waals surface area contributed by atoms with Gasteiger partial charge in [0, 0.05) is 17.1 Å². The molecule has 2 unspecified atom stereocenters. The first kappa shape index (κ1) is 16.9. The van der Waals surface area contributed by atoms with E-state index in [0.29, 0.717) is 0 Å². The molecule has 2 atom stereocenters. The second-order valence-electron chi connectivity index (χ2n) is 4.30. The van der Waals surface area contributed by atoms with Gasteiger partial charge in [-0.15, -0.1) is 0 Å². The standard InChI is InChI=1S/C12H14BrF3N2O2/c1-6(19)10(17)5-18-11(20)8-3-2-7(13)4-9(8)12(14,15)16/h2-4,6,10,19H,5,17H2,1H3,(H,18,20). The number of nitrogens with two attached hydrogens (primary N) is 1. The molecule has 0 heterocycles. The molecule has 4 N–H and O–H groups in total. The van der Waals surface area contributed by atoms with Crippen molar-refractivity contribution in [1.29, 1.82) is 0 Å². The van der Waals surface area contributed by atoms with Gasteiger partial charge < -0.3 is 16.2 Å². The Balaban J connectivity index is 2.93. The molecule has 1 aromatic carbocycles. The van der Waals surface area contributed by atoms with Gasteiger partial charge in [0.1, 0.15) is 0 Å². The number of nitrogens with one attached hydrogen (secondary N) is 1. The molecule has 4 nitrogen and oxygen atoms in total. The summed E-state index contributed by atoms with van der Waals surface area (Å²) in [6.45, 7) is 1.31. The second kappa shape index (κ2) is 6.55. The maximum atomic E-state index is 12.9. The smallest absolute Gasteiger partial charge is 0.392 e. The molecule has 1 rings (SSSR count). The lowest BCUT2D eigenvalue weighted by atomic mass is 10.1. The van der Waals surface area contributed by atoms with E-state index < -0.39 is 35.4 Å². The van der Waals surface area contributed by atoms with Crippen LogP contribution in [0.15, 0.2) is 22.7 Å². The molecule has 0 aliphatic carbocycles. The molecular formula is C12H14BrF3N2O2. The Morgan fingerprint density at radius 1 is 1.50 bits per heavy atom. The van der Waals surface area contributed by atoms with Crippen LogP contribution in [0.5, 0.6) is 0 Å². The minimum Gasteiger partial charge on any atom is -0.392 e. The third-order valence-electron chi connectivity index (χ3n) is 2.65. The molecule has 0 aliphatic heterocycles. The van der Waals surface area contributed by atoms with Gasteiger partial charge in [-0.05, 0) is 25.1 Å². The highest BCUT2D eigenvalue weighted by Crippen LogP contribution is 2.33. The highest BCUT2D eigenvalue weighted by Gasteiger charge is 2.35. The van der Waals surface area contributed by atoms with E-state index >= 15 is 0 Å². The lowest BCUT2D eigenvalue weighted by Crippen LogP contribution is -2.43. The summed E-state index contributed by atoms with van der Waals surface area (Å²) in [6, 6.07) is 2.52. The number of amides is 1. The molecular weight excluding hydrogens is 341 g/mol. The van der Waals surface area contributed by atoms with E-state index in [2.05, 4.69) is 21.2 Å². The summed E-state index contributed by atoms with van der Waals surface area (Å²) < 4.78 is 38.8. The number of carbonyl (C=O) groups excluding carboxylic acids is 1. The number of halogens is 4. The van der Waals surface area contributed by atoms with Crippen molar-refractivity contribution in [2.45, 2.75) is 25.2 Å². The van der Waals surface area contributed by atoms with Crippen LogP contribution in [0, 0.1) is 0 Å². The SMILES string of the molecule is CC(O)C(N)CNC(=O)c1ccc(Br)cc1C(F)(F)F. The second-order valence-corrected chi connectivity index (χ2v) is 5.22. The van der Waals surface area contributed by atoms with Crippen LogP contribution in [0.1, 0.15) is 22.8 Å². The minimum absolute atomic E-state index is 0.121. The van der Waals surface area contributed by atoms with Crippen molar-refractivity contribution in [1.82, 2.24) is 5.32 Å². The van der Waals surface area contributed by atoms with Gasteiger partial charge in [0.25, 0.3) is 5.91 Å². The molecule has 0 bridgehead atoms. The predicted octanol–water partition coefficient (Wildman–Crippen LogP) is 1.91. The Morgan fingerprint density at radius 3 is 2.60 bits per heavy atom. The quantitative estimate of drug-likeness (QED) is 0.772. The summed E-state index contributed by atoms with van der Waals surface area (Å²) in [4.78, 5) is 11.8. The van der Waals surface area contributed by atoms with Crippen molar-refractivity contribution in [2.75, 3.05) is 6.54 Å². The van der Waals surface area contributed by atoms with Crippen LogP contribution in [0.4, 0.5) is 13.2 Å². The largest absolute Gasteiger partial charge is 0.417 e. The monoisotopic (exact) mass is 354 g/mol. The summed E-state index contributed by atoms with van der Waals surface area (Å²) in [5, 5.41) is 11.4. The highest BCUT2D eigenvalue weighted by atomic mass is 79.9. The van der Waals surface area contributed by atoms with E-state index in [0.717, 1.165) is 12.1 Å². The molecule has 0 aliphatic rings. The molecule has 8 heteroatoms. The molecule has 0 fully saturated rings. The number of hydrogen-bond acceptors (Lipinski definition) is 3. The number of carbonyl (C=O) groups is 1. The van der Waals surface area contributed by atoms with Gasteiger partial charge in [-0.3, -0.25) is 4.79 Å². The van der Waals surface area contributed by atoms with E-state index in [4.69, 9.17) is 10.8 Å². The number of hydrogen-bond donors (Lipinski definition) is 3. The van der Waals surface area contributed by atoms with Crippen LogP contribution in [-0.2, 0) is 6.18 Å². The lowest BCUT2D eigenvalue weighted by molar-refractivity contribution is -0.138. The minimum atomic E-state index is -4.64. The summed E-state index contributed by atoms with van der Waals surface area (Å²) in [7, 11) is 0. The van der Waals surface area contributed by atoms with Crippen molar-refractivity contribution >= 4 is 21.8 Å². The summed E-state index contributed by atoms with van der Waals surface area (Å²) in [6.07, 6.45) is -5.51. The highest BCUT2D eigenvalue weighted by molar-refractivity contribution is 9.10. The van der Waals surface area contributed by atoms with Crippen LogP contribution < -0.4 is 11.1 Å². The molecule has 1 amide bonds. The normalized spacial score (nSPS) is 14.8. The molecule has 0 radical (unpaired) electrons. The predicted molar refractivity (Wildman–Crippen MR) is 71.1 cm³/mol. The topological polar surface area (TPSA) is 75.3 Å². The zero-order valence-corrected chi connectivity index (χ0v) is 12.1. The maximum absolute atomic E-state index is 12.9. The Hall–Kier alpha value is -1.12. The fourth-order valence-electron chi connectivity index (χ4n) is 1.43. The molecule has 0 saturated heterocycles. The molecule has 0 aromatic heterocycles. The summed E-state index contributed by atoms with van der Waals surface area (Å²) in [5.74, 6) is -0.888. The number of rotatable bonds is 4. The van der Waals surface area contributed by atoms with Crippen molar-refractivity contribution < 1.29 is 23.1 Å². The zero-order valence-electron chi connectivity index (χ0n) is 10.5. The van der Waals surface area contributed by atoms with Crippen LogP contribution in [0.25, 0.3) is 0 Å². The first-order valence-electron chi connectivity index (χ1n) is 5.71. The van der Waals surface area contributed by atoms with Crippen LogP contribution >= 0.6 is 15.9 Å². The van der Waals surface area contributed by atoms with Crippen LogP contribution in [0.2, 0.25) is 0 Å². The summed E-state index contributed by atoms with van der Waals surface area (Å²) >= 11 is 2.93. The first-order chi connectivity index (χ1) is 9.12. The molecule has 112 valence electrons. The zero-order chi connectivity index (χ0) is 15.5. The van der Waals surface area contributed by atoms with Gasteiger partial charge >= 0.3 is 6.18 Å². The third-order valence-corrected chi connectivity index (χ3v) is 3.14. The summed E-state index contributed by atoms with van der Waals surface area (Å²) in [5.41, 5.74) is 3.98. The van der Waals surface area contributed by atoms with Gasteiger partial charge in [0.2, 0.25) is 0 Å². The number of aliphatic hydroxyl groups is 1. The van der Waals surface area contributed by atoms with Gasteiger partial charge in [0.15, 0.2) is 0 Å². The fourth-order valence-corrected chi connectivity index (χ4v) is 1.79. The molecule has 1 aromatic rings.